The molecule has 2 unspecified atom stereocenters. The van der Waals surface area contributed by atoms with Crippen molar-refractivity contribution in [3.05, 3.63) is 0 Å². The molecular formula is C8H13N3O5. The van der Waals surface area contributed by atoms with Gasteiger partial charge >= 0.3 is 5.97 Å². The number of carboxylic acids is 1. The average Bonchev–Trinajstić information content (AvgIpc) is 2.26. The fraction of sp³-hybridized carbons (Fsp3) is 0.625. The predicted molar refractivity (Wildman–Crippen MR) is 51.5 cm³/mol. The number of carbonyl (C=O) groups excluding carboxylic acids is 2. The second kappa shape index (κ2) is 5.42. The van der Waals surface area contributed by atoms with E-state index >= 15 is 0 Å². The quantitative estimate of drug-likeness (QED) is 0.344. The predicted octanol–water partition coefficient (Wildman–Crippen LogP) is -3.36. The summed E-state index contributed by atoms with van der Waals surface area (Å²) in [7, 11) is 0. The van der Waals surface area contributed by atoms with Gasteiger partial charge in [-0.15, -0.1) is 0 Å². The number of amides is 2. The second-order valence-corrected chi connectivity index (χ2v) is 3.34. The summed E-state index contributed by atoms with van der Waals surface area (Å²) in [4.78, 5) is 32.4. The number of aliphatic hydroxyl groups is 1. The highest BCUT2D eigenvalue weighted by atomic mass is 16.4. The fourth-order valence-electron chi connectivity index (χ4n) is 1.16. The van der Waals surface area contributed by atoms with Crippen molar-refractivity contribution in [2.45, 2.75) is 12.1 Å². The third-order valence-electron chi connectivity index (χ3n) is 2.08. The second-order valence-electron chi connectivity index (χ2n) is 3.34. The van der Waals surface area contributed by atoms with Crippen molar-refractivity contribution in [1.29, 1.82) is 0 Å². The maximum atomic E-state index is 11.4. The Kier molecular flexibility index (Phi) is 4.20. The zero-order chi connectivity index (χ0) is 12.1. The zero-order valence-electron chi connectivity index (χ0n) is 8.40. The van der Waals surface area contributed by atoms with E-state index < -0.39 is 24.0 Å². The van der Waals surface area contributed by atoms with Crippen LogP contribution in [0.15, 0.2) is 0 Å². The molecule has 90 valence electrons. The molecule has 1 fully saturated rings. The van der Waals surface area contributed by atoms with Crippen molar-refractivity contribution in [2.24, 2.45) is 0 Å². The molecule has 2 amide bonds. The summed E-state index contributed by atoms with van der Waals surface area (Å²) in [5.41, 5.74) is 0. The highest BCUT2D eigenvalue weighted by Crippen LogP contribution is 1.89. The minimum atomic E-state index is -1.62. The summed E-state index contributed by atoms with van der Waals surface area (Å²) in [5.74, 6) is -2.06. The van der Waals surface area contributed by atoms with E-state index in [0.29, 0.717) is 0 Å². The van der Waals surface area contributed by atoms with E-state index in [9.17, 15) is 14.4 Å². The van der Waals surface area contributed by atoms with E-state index in [0.717, 1.165) is 0 Å². The van der Waals surface area contributed by atoms with Gasteiger partial charge in [0.05, 0.1) is 13.1 Å². The van der Waals surface area contributed by atoms with Crippen molar-refractivity contribution in [2.75, 3.05) is 19.6 Å². The molecule has 1 heterocycles. The molecule has 16 heavy (non-hydrogen) atoms. The van der Waals surface area contributed by atoms with Gasteiger partial charge in [-0.3, -0.25) is 14.9 Å². The van der Waals surface area contributed by atoms with Crippen LogP contribution in [0.3, 0.4) is 0 Å². The Morgan fingerprint density at radius 2 is 2.25 bits per heavy atom. The molecule has 0 aromatic rings. The van der Waals surface area contributed by atoms with Gasteiger partial charge in [-0.2, -0.15) is 0 Å². The largest absolute Gasteiger partial charge is 0.479 e. The lowest BCUT2D eigenvalue weighted by molar-refractivity contribution is -0.146. The van der Waals surface area contributed by atoms with Crippen molar-refractivity contribution in [1.82, 2.24) is 16.0 Å². The minimum Gasteiger partial charge on any atom is -0.479 e. The van der Waals surface area contributed by atoms with Crippen molar-refractivity contribution >= 4 is 17.8 Å². The molecule has 0 aliphatic carbocycles. The van der Waals surface area contributed by atoms with E-state index in [4.69, 9.17) is 10.2 Å². The van der Waals surface area contributed by atoms with E-state index in [-0.39, 0.29) is 25.5 Å². The number of carboxylic acid groups (broad SMARTS) is 1. The molecule has 1 rings (SSSR count). The number of aliphatic hydroxyl groups excluding tert-OH is 1. The van der Waals surface area contributed by atoms with Gasteiger partial charge in [-0.05, 0) is 0 Å². The molecule has 8 nitrogen and oxygen atoms in total. The van der Waals surface area contributed by atoms with E-state index in [1.807, 2.05) is 0 Å². The van der Waals surface area contributed by atoms with Crippen LogP contribution in [0.4, 0.5) is 0 Å². The van der Waals surface area contributed by atoms with E-state index in [1.165, 1.54) is 0 Å². The molecule has 1 aliphatic rings. The fourth-order valence-corrected chi connectivity index (χ4v) is 1.16. The van der Waals surface area contributed by atoms with Crippen LogP contribution in [0.1, 0.15) is 0 Å². The third kappa shape index (κ3) is 3.48. The van der Waals surface area contributed by atoms with Gasteiger partial charge in [0, 0.05) is 6.54 Å². The number of rotatable bonds is 4. The minimum absolute atomic E-state index is 0.0412. The molecule has 0 saturated carbocycles. The maximum Gasteiger partial charge on any atom is 0.334 e. The summed E-state index contributed by atoms with van der Waals surface area (Å²) in [6, 6.07) is -0.598. The molecule has 2 atom stereocenters. The Hall–Kier alpha value is -1.67. The monoisotopic (exact) mass is 231 g/mol. The van der Waals surface area contributed by atoms with Crippen LogP contribution in [-0.4, -0.2) is 59.8 Å². The summed E-state index contributed by atoms with van der Waals surface area (Å²) in [6.07, 6.45) is -1.62. The summed E-state index contributed by atoms with van der Waals surface area (Å²) in [6.45, 7) is -0.173. The molecule has 5 N–H and O–H groups in total. The van der Waals surface area contributed by atoms with Gasteiger partial charge in [-0.25, -0.2) is 4.79 Å². The van der Waals surface area contributed by atoms with Crippen LogP contribution < -0.4 is 16.0 Å². The number of nitrogens with one attached hydrogen (secondary N) is 3. The summed E-state index contributed by atoms with van der Waals surface area (Å²) in [5, 5.41) is 24.7. The number of aliphatic carboxylic acids is 1. The number of hydrogen-bond donors (Lipinski definition) is 5. The van der Waals surface area contributed by atoms with Gasteiger partial charge in [0.25, 0.3) is 0 Å². The highest BCUT2D eigenvalue weighted by Gasteiger charge is 2.24. The highest BCUT2D eigenvalue weighted by molar-refractivity contribution is 5.87. The van der Waals surface area contributed by atoms with Crippen molar-refractivity contribution < 1.29 is 24.6 Å². The van der Waals surface area contributed by atoms with Crippen LogP contribution in [0, 0.1) is 0 Å². The molecular weight excluding hydrogens is 218 g/mol. The van der Waals surface area contributed by atoms with Crippen LogP contribution in [0.2, 0.25) is 0 Å². The summed E-state index contributed by atoms with van der Waals surface area (Å²) >= 11 is 0. The number of piperazine rings is 1. The Morgan fingerprint density at radius 3 is 2.75 bits per heavy atom. The van der Waals surface area contributed by atoms with Gasteiger partial charge < -0.3 is 20.8 Å². The molecule has 0 aromatic carbocycles. The van der Waals surface area contributed by atoms with Crippen LogP contribution in [0.5, 0.6) is 0 Å². The van der Waals surface area contributed by atoms with E-state index in [2.05, 4.69) is 16.0 Å². The zero-order valence-corrected chi connectivity index (χ0v) is 8.40. The Labute approximate surface area is 91.0 Å². The summed E-state index contributed by atoms with van der Waals surface area (Å²) < 4.78 is 0. The third-order valence-corrected chi connectivity index (χ3v) is 2.08. The smallest absolute Gasteiger partial charge is 0.334 e. The first kappa shape index (κ1) is 12.4. The normalized spacial score (nSPS) is 22.1. The molecule has 0 spiro atoms. The molecule has 1 aliphatic heterocycles. The van der Waals surface area contributed by atoms with Crippen LogP contribution >= 0.6 is 0 Å². The first-order valence-electron chi connectivity index (χ1n) is 4.69. The van der Waals surface area contributed by atoms with Crippen molar-refractivity contribution in [3.8, 4) is 0 Å². The van der Waals surface area contributed by atoms with Crippen molar-refractivity contribution in [3.63, 3.8) is 0 Å². The standard InChI is InChI=1S/C8H13N3O5/c12-5(8(15)16)2-11-7(14)4-1-10-6(13)3-9-4/h4-5,9,12H,1-3H2,(H,10,13)(H,11,14)(H,15,16). The Bertz CT molecular complexity index is 296. The molecule has 8 heteroatoms. The maximum absolute atomic E-state index is 11.4. The van der Waals surface area contributed by atoms with Gasteiger partial charge in [0.15, 0.2) is 6.10 Å². The SMILES string of the molecule is O=C1CNC(C(=O)NCC(O)C(=O)O)CN1. The Balaban J connectivity index is 2.30. The average molecular weight is 231 g/mol. The lowest BCUT2D eigenvalue weighted by atomic mass is 10.2. The van der Waals surface area contributed by atoms with Gasteiger partial charge in [0.2, 0.25) is 11.8 Å². The molecule has 0 bridgehead atoms. The molecule has 0 radical (unpaired) electrons. The van der Waals surface area contributed by atoms with Crippen LogP contribution in [0.25, 0.3) is 0 Å². The van der Waals surface area contributed by atoms with Gasteiger partial charge in [-0.1, -0.05) is 0 Å². The van der Waals surface area contributed by atoms with Gasteiger partial charge in [0.1, 0.15) is 6.04 Å². The number of carbonyl (C=O) groups is 3. The van der Waals surface area contributed by atoms with E-state index in [1.54, 1.807) is 0 Å². The Morgan fingerprint density at radius 1 is 1.56 bits per heavy atom. The number of hydrogen-bond acceptors (Lipinski definition) is 5. The lowest BCUT2D eigenvalue weighted by Crippen LogP contribution is -2.58. The van der Waals surface area contributed by atoms with Crippen LogP contribution in [-0.2, 0) is 14.4 Å². The molecule has 1 saturated heterocycles. The first-order valence-corrected chi connectivity index (χ1v) is 4.69. The lowest BCUT2D eigenvalue weighted by Gasteiger charge is -2.23. The molecule has 0 aromatic heterocycles. The first-order chi connectivity index (χ1) is 7.50. The topological polar surface area (TPSA) is 128 Å².